The second-order valence-electron chi connectivity index (χ2n) is 5.99. The van der Waals surface area contributed by atoms with E-state index >= 15 is 0 Å². The lowest BCUT2D eigenvalue weighted by atomic mass is 9.87. The summed E-state index contributed by atoms with van der Waals surface area (Å²) in [6, 6.07) is -0.274. The van der Waals surface area contributed by atoms with Gasteiger partial charge in [0.15, 0.2) is 0 Å². The molecule has 0 aromatic rings. The number of carbonyl (C=O) groups excluding carboxylic acids is 2. The van der Waals surface area contributed by atoms with Crippen LogP contribution in [0.25, 0.3) is 0 Å². The van der Waals surface area contributed by atoms with Crippen LogP contribution in [0.3, 0.4) is 0 Å². The van der Waals surface area contributed by atoms with E-state index in [0.717, 1.165) is 25.1 Å². The third-order valence-electron chi connectivity index (χ3n) is 4.53. The van der Waals surface area contributed by atoms with Crippen LogP contribution in [0.15, 0.2) is 23.3 Å². The molecule has 0 unspecified atom stereocenters. The zero-order chi connectivity index (χ0) is 15.9. The Morgan fingerprint density at radius 3 is 2.64 bits per heavy atom. The quantitative estimate of drug-likeness (QED) is 0.766. The molecule has 122 valence electrons. The van der Waals surface area contributed by atoms with Gasteiger partial charge in [0.05, 0.1) is 0 Å². The van der Waals surface area contributed by atoms with Gasteiger partial charge in [-0.3, -0.25) is 10.1 Å². The normalized spacial score (nSPS) is 22.0. The van der Waals surface area contributed by atoms with Crippen molar-refractivity contribution in [2.24, 2.45) is 5.92 Å². The number of carbonyl (C=O) groups is 2. The number of hydrogen-bond acceptors (Lipinski definition) is 3. The van der Waals surface area contributed by atoms with Crippen molar-refractivity contribution in [3.05, 3.63) is 23.3 Å². The Hall–Kier alpha value is -1.62. The molecule has 0 aliphatic carbocycles. The summed E-state index contributed by atoms with van der Waals surface area (Å²) in [5.74, 6) is 0.473. The Morgan fingerprint density at radius 1 is 1.32 bits per heavy atom. The van der Waals surface area contributed by atoms with Crippen molar-refractivity contribution in [3.8, 4) is 0 Å². The van der Waals surface area contributed by atoms with Gasteiger partial charge in [-0.05, 0) is 50.8 Å². The van der Waals surface area contributed by atoms with E-state index in [1.165, 1.54) is 18.4 Å². The van der Waals surface area contributed by atoms with Crippen molar-refractivity contribution < 1.29 is 9.59 Å². The van der Waals surface area contributed by atoms with E-state index in [9.17, 15) is 9.59 Å². The predicted octanol–water partition coefficient (Wildman–Crippen LogP) is 2.21. The Bertz CT molecular complexity index is 476. The molecule has 22 heavy (non-hydrogen) atoms. The highest BCUT2D eigenvalue weighted by molar-refractivity contribution is 5.96. The second-order valence-corrected chi connectivity index (χ2v) is 5.99. The van der Waals surface area contributed by atoms with Crippen LogP contribution in [0.5, 0.6) is 0 Å². The average Bonchev–Trinajstić information content (AvgIpc) is 2.54. The van der Waals surface area contributed by atoms with Gasteiger partial charge in [0.1, 0.15) is 0 Å². The van der Waals surface area contributed by atoms with Crippen LogP contribution in [-0.2, 0) is 4.79 Å². The summed E-state index contributed by atoms with van der Waals surface area (Å²) < 4.78 is 0. The molecule has 3 amide bonds. The van der Waals surface area contributed by atoms with Gasteiger partial charge in [0, 0.05) is 19.5 Å². The Labute approximate surface area is 132 Å². The van der Waals surface area contributed by atoms with Crippen molar-refractivity contribution in [2.45, 2.75) is 39.5 Å². The molecule has 0 bridgehead atoms. The summed E-state index contributed by atoms with van der Waals surface area (Å²) in [5.41, 5.74) is 2.63. The minimum atomic E-state index is -0.274. The van der Waals surface area contributed by atoms with E-state index < -0.39 is 0 Å². The largest absolute Gasteiger partial charge is 0.324 e. The number of nitrogens with one attached hydrogen (secondary N) is 2. The summed E-state index contributed by atoms with van der Waals surface area (Å²) in [6.07, 6.45) is 8.15. The van der Waals surface area contributed by atoms with Gasteiger partial charge in [-0.2, -0.15) is 0 Å². The first kappa shape index (κ1) is 16.7. The van der Waals surface area contributed by atoms with Crippen LogP contribution in [0.1, 0.15) is 39.5 Å². The monoisotopic (exact) mass is 305 g/mol. The molecule has 5 heteroatoms. The van der Waals surface area contributed by atoms with E-state index in [1.54, 1.807) is 4.90 Å². The number of rotatable bonds is 5. The molecule has 2 aliphatic heterocycles. The van der Waals surface area contributed by atoms with Crippen LogP contribution in [0.4, 0.5) is 4.79 Å². The number of allylic oxidation sites excluding steroid dienone is 2. The molecular formula is C17H27N3O2. The van der Waals surface area contributed by atoms with Gasteiger partial charge in [-0.1, -0.05) is 24.6 Å². The van der Waals surface area contributed by atoms with Crippen molar-refractivity contribution in [3.63, 3.8) is 0 Å². The first-order valence-electron chi connectivity index (χ1n) is 8.29. The highest BCUT2D eigenvalue weighted by atomic mass is 16.2. The number of piperidine rings is 1. The summed E-state index contributed by atoms with van der Waals surface area (Å²) in [4.78, 5) is 24.8. The Balaban J connectivity index is 2.02. The lowest BCUT2D eigenvalue weighted by molar-refractivity contribution is -0.121. The molecule has 0 aromatic carbocycles. The zero-order valence-corrected chi connectivity index (χ0v) is 13.7. The van der Waals surface area contributed by atoms with Gasteiger partial charge in [0.2, 0.25) is 5.91 Å². The topological polar surface area (TPSA) is 61.4 Å². The van der Waals surface area contributed by atoms with Crippen LogP contribution in [0.2, 0.25) is 0 Å². The van der Waals surface area contributed by atoms with E-state index in [-0.39, 0.29) is 11.9 Å². The number of urea groups is 1. The van der Waals surface area contributed by atoms with Gasteiger partial charge in [0.25, 0.3) is 0 Å². The Kier molecular flexibility index (Phi) is 6.19. The second kappa shape index (κ2) is 8.13. The van der Waals surface area contributed by atoms with Gasteiger partial charge in [-0.25, -0.2) is 4.79 Å². The van der Waals surface area contributed by atoms with Crippen LogP contribution < -0.4 is 10.6 Å². The molecule has 2 N–H and O–H groups in total. The van der Waals surface area contributed by atoms with Crippen LogP contribution >= 0.6 is 0 Å². The highest BCUT2D eigenvalue weighted by Crippen LogP contribution is 2.25. The molecule has 0 radical (unpaired) electrons. The fraction of sp³-hybridized carbons (Fsp3) is 0.647. The zero-order valence-electron chi connectivity index (χ0n) is 13.7. The van der Waals surface area contributed by atoms with E-state index in [0.29, 0.717) is 25.4 Å². The third-order valence-corrected chi connectivity index (χ3v) is 4.53. The lowest BCUT2D eigenvalue weighted by Gasteiger charge is -2.28. The van der Waals surface area contributed by atoms with Crippen LogP contribution in [0, 0.1) is 5.92 Å². The third kappa shape index (κ3) is 4.44. The van der Waals surface area contributed by atoms with E-state index in [1.807, 2.05) is 6.92 Å². The van der Waals surface area contributed by atoms with Gasteiger partial charge < -0.3 is 10.2 Å². The van der Waals surface area contributed by atoms with E-state index in [4.69, 9.17) is 0 Å². The summed E-state index contributed by atoms with van der Waals surface area (Å²) in [6.45, 7) is 7.46. The van der Waals surface area contributed by atoms with Crippen molar-refractivity contribution in [2.75, 3.05) is 26.2 Å². The molecule has 0 atom stereocenters. The summed E-state index contributed by atoms with van der Waals surface area (Å²) in [7, 11) is 0. The van der Waals surface area contributed by atoms with Crippen molar-refractivity contribution in [1.29, 1.82) is 0 Å². The molecule has 0 saturated carbocycles. The molecular weight excluding hydrogens is 278 g/mol. The molecule has 2 fully saturated rings. The van der Waals surface area contributed by atoms with Crippen molar-refractivity contribution in [1.82, 2.24) is 15.5 Å². The van der Waals surface area contributed by atoms with Gasteiger partial charge >= 0.3 is 6.03 Å². The molecule has 0 spiro atoms. The smallest absolute Gasteiger partial charge is 0.320 e. The number of nitrogens with zero attached hydrogens (tertiary/aromatic N) is 1. The number of imide groups is 1. The minimum Gasteiger partial charge on any atom is -0.320 e. The fourth-order valence-electron chi connectivity index (χ4n) is 3.13. The SMILES string of the molecule is C/C=C(\C=C(/CC)C1CCNCC1)CN1CCC(=O)NC1=O. The molecule has 2 saturated heterocycles. The Morgan fingerprint density at radius 2 is 2.05 bits per heavy atom. The maximum absolute atomic E-state index is 11.9. The first-order valence-corrected chi connectivity index (χ1v) is 8.29. The summed E-state index contributed by atoms with van der Waals surface area (Å²) in [5, 5.41) is 5.78. The van der Waals surface area contributed by atoms with E-state index in [2.05, 4.69) is 29.7 Å². The van der Waals surface area contributed by atoms with Crippen molar-refractivity contribution >= 4 is 11.9 Å². The number of amides is 3. The van der Waals surface area contributed by atoms with Gasteiger partial charge in [-0.15, -0.1) is 0 Å². The molecule has 2 rings (SSSR count). The molecule has 0 aromatic heterocycles. The minimum absolute atomic E-state index is 0.178. The maximum atomic E-state index is 11.9. The standard InChI is InChI=1S/C17H27N3O2/c1-3-13(12-20-10-7-16(21)19-17(20)22)11-14(4-2)15-5-8-18-9-6-15/h3,11,15,18H,4-10,12H2,1-2H3,(H,19,21,22)/b13-3+,14-11+. The predicted molar refractivity (Wildman–Crippen MR) is 87.5 cm³/mol. The fourth-order valence-corrected chi connectivity index (χ4v) is 3.13. The average molecular weight is 305 g/mol. The van der Waals surface area contributed by atoms with Crippen LogP contribution in [-0.4, -0.2) is 43.0 Å². The maximum Gasteiger partial charge on any atom is 0.324 e. The molecule has 5 nitrogen and oxygen atoms in total. The molecule has 2 heterocycles. The highest BCUT2D eigenvalue weighted by Gasteiger charge is 2.23. The lowest BCUT2D eigenvalue weighted by Crippen LogP contribution is -2.49. The number of hydrogen-bond donors (Lipinski definition) is 2. The molecule has 2 aliphatic rings. The first-order chi connectivity index (χ1) is 10.6. The summed E-state index contributed by atoms with van der Waals surface area (Å²) >= 11 is 0.